The monoisotopic (exact) mass is 248 g/mol. The highest BCUT2D eigenvalue weighted by Crippen LogP contribution is 2.08. The Bertz CT molecular complexity index is 390. The summed E-state index contributed by atoms with van der Waals surface area (Å²) in [7, 11) is 0. The predicted octanol–water partition coefficient (Wildman–Crippen LogP) is 2.32. The summed E-state index contributed by atoms with van der Waals surface area (Å²) in [6.45, 7) is 3.49. The van der Waals surface area contributed by atoms with Gasteiger partial charge >= 0.3 is 0 Å². The van der Waals surface area contributed by atoms with E-state index in [2.05, 4.69) is 10.6 Å². The minimum atomic E-state index is -0.0506. The van der Waals surface area contributed by atoms with Gasteiger partial charge in [-0.1, -0.05) is 25.1 Å². The van der Waals surface area contributed by atoms with Crippen LogP contribution in [0.1, 0.15) is 33.1 Å². The molecular formula is C14H20N2O2. The smallest absolute Gasteiger partial charge is 0.224 e. The summed E-state index contributed by atoms with van der Waals surface area (Å²) in [6.07, 6.45) is 1.90. The third-order valence-electron chi connectivity index (χ3n) is 2.68. The Balaban J connectivity index is 2.34. The maximum Gasteiger partial charge on any atom is 0.224 e. The molecule has 0 aromatic heterocycles. The minimum Gasteiger partial charge on any atom is -0.354 e. The molecule has 0 radical (unpaired) electrons. The van der Waals surface area contributed by atoms with Gasteiger partial charge < -0.3 is 10.6 Å². The predicted molar refractivity (Wildman–Crippen MR) is 72.2 cm³/mol. The van der Waals surface area contributed by atoms with Crippen molar-refractivity contribution in [2.45, 2.75) is 39.2 Å². The van der Waals surface area contributed by atoms with Crippen molar-refractivity contribution < 1.29 is 9.59 Å². The molecule has 0 heterocycles. The van der Waals surface area contributed by atoms with Gasteiger partial charge in [0.2, 0.25) is 11.8 Å². The van der Waals surface area contributed by atoms with Crippen LogP contribution in [-0.4, -0.2) is 17.9 Å². The lowest BCUT2D eigenvalue weighted by atomic mass is 10.1. The molecule has 0 spiro atoms. The van der Waals surface area contributed by atoms with Crippen LogP contribution < -0.4 is 10.6 Å². The molecule has 0 aliphatic rings. The van der Waals surface area contributed by atoms with Gasteiger partial charge in [-0.15, -0.1) is 0 Å². The first-order valence-corrected chi connectivity index (χ1v) is 6.23. The number of hydrogen-bond donors (Lipinski definition) is 2. The third kappa shape index (κ3) is 5.48. The van der Waals surface area contributed by atoms with Gasteiger partial charge in [-0.05, 0) is 25.0 Å². The van der Waals surface area contributed by atoms with Gasteiger partial charge in [-0.2, -0.15) is 0 Å². The van der Waals surface area contributed by atoms with E-state index >= 15 is 0 Å². The Hall–Kier alpha value is -1.84. The Labute approximate surface area is 108 Å². The van der Waals surface area contributed by atoms with Crippen LogP contribution >= 0.6 is 0 Å². The molecule has 1 atom stereocenters. The summed E-state index contributed by atoms with van der Waals surface area (Å²) in [5.41, 5.74) is 0.801. The molecule has 0 saturated heterocycles. The number of nitrogens with one attached hydrogen (secondary N) is 2. The van der Waals surface area contributed by atoms with Crippen LogP contribution in [0.25, 0.3) is 0 Å². The number of carbonyl (C=O) groups is 2. The Morgan fingerprint density at radius 2 is 1.89 bits per heavy atom. The van der Waals surface area contributed by atoms with Crippen molar-refractivity contribution in [3.63, 3.8) is 0 Å². The molecule has 2 N–H and O–H groups in total. The van der Waals surface area contributed by atoms with Gasteiger partial charge in [0.25, 0.3) is 0 Å². The molecule has 2 amide bonds. The van der Waals surface area contributed by atoms with E-state index in [4.69, 9.17) is 0 Å². The van der Waals surface area contributed by atoms with E-state index in [-0.39, 0.29) is 17.9 Å². The van der Waals surface area contributed by atoms with Gasteiger partial charge in [-0.25, -0.2) is 0 Å². The van der Waals surface area contributed by atoms with Crippen molar-refractivity contribution in [1.82, 2.24) is 5.32 Å². The van der Waals surface area contributed by atoms with Crippen LogP contribution in [0.4, 0.5) is 5.69 Å². The second-order valence-corrected chi connectivity index (χ2v) is 4.26. The zero-order chi connectivity index (χ0) is 13.4. The van der Waals surface area contributed by atoms with Crippen molar-refractivity contribution in [2.75, 3.05) is 5.32 Å². The van der Waals surface area contributed by atoms with Gasteiger partial charge in [0, 0.05) is 25.1 Å². The molecule has 0 saturated carbocycles. The van der Waals surface area contributed by atoms with E-state index in [9.17, 15) is 9.59 Å². The van der Waals surface area contributed by atoms with Crippen molar-refractivity contribution in [3.05, 3.63) is 30.3 Å². The Morgan fingerprint density at radius 3 is 2.44 bits per heavy atom. The second-order valence-electron chi connectivity index (χ2n) is 4.26. The Morgan fingerprint density at radius 1 is 1.22 bits per heavy atom. The number of anilines is 1. The van der Waals surface area contributed by atoms with Crippen LogP contribution in [-0.2, 0) is 9.59 Å². The number of para-hydroxylation sites is 1. The normalized spacial score (nSPS) is 11.7. The summed E-state index contributed by atoms with van der Waals surface area (Å²) >= 11 is 0. The lowest BCUT2D eigenvalue weighted by Gasteiger charge is -2.15. The van der Waals surface area contributed by atoms with Gasteiger partial charge in [-0.3, -0.25) is 9.59 Å². The molecule has 1 aromatic rings. The lowest BCUT2D eigenvalue weighted by Crippen LogP contribution is -2.33. The zero-order valence-electron chi connectivity index (χ0n) is 10.9. The highest BCUT2D eigenvalue weighted by molar-refractivity contribution is 5.90. The van der Waals surface area contributed by atoms with Crippen LogP contribution in [0.3, 0.4) is 0 Å². The first-order valence-electron chi connectivity index (χ1n) is 6.23. The Kier molecular flexibility index (Phi) is 5.91. The molecule has 0 unspecified atom stereocenters. The molecule has 18 heavy (non-hydrogen) atoms. The first-order chi connectivity index (χ1) is 8.61. The molecule has 0 aliphatic heterocycles. The number of hydrogen-bond acceptors (Lipinski definition) is 2. The highest BCUT2D eigenvalue weighted by atomic mass is 16.2. The van der Waals surface area contributed by atoms with Crippen LogP contribution in [0.2, 0.25) is 0 Å². The number of rotatable bonds is 6. The van der Waals surface area contributed by atoms with Crippen molar-refractivity contribution in [1.29, 1.82) is 0 Å². The fourth-order valence-electron chi connectivity index (χ4n) is 1.72. The quantitative estimate of drug-likeness (QED) is 0.811. The van der Waals surface area contributed by atoms with Crippen molar-refractivity contribution in [2.24, 2.45) is 0 Å². The summed E-state index contributed by atoms with van der Waals surface area (Å²) in [5, 5.41) is 5.65. The molecule has 1 aromatic carbocycles. The molecular weight excluding hydrogens is 228 g/mol. The molecule has 4 nitrogen and oxygen atoms in total. The zero-order valence-corrected chi connectivity index (χ0v) is 10.9. The number of carbonyl (C=O) groups excluding carboxylic acids is 2. The van der Waals surface area contributed by atoms with Crippen molar-refractivity contribution >= 4 is 17.5 Å². The van der Waals surface area contributed by atoms with Crippen LogP contribution in [0, 0.1) is 0 Å². The van der Waals surface area contributed by atoms with E-state index in [0.717, 1.165) is 12.1 Å². The highest BCUT2D eigenvalue weighted by Gasteiger charge is 2.10. The van der Waals surface area contributed by atoms with E-state index < -0.39 is 0 Å². The van der Waals surface area contributed by atoms with Gasteiger partial charge in [0.1, 0.15) is 0 Å². The number of benzene rings is 1. The molecule has 0 fully saturated rings. The van der Waals surface area contributed by atoms with Crippen molar-refractivity contribution in [3.8, 4) is 0 Å². The fourth-order valence-corrected chi connectivity index (χ4v) is 1.72. The fraction of sp³-hybridized carbons (Fsp3) is 0.429. The largest absolute Gasteiger partial charge is 0.354 e. The molecule has 4 heteroatoms. The number of amides is 2. The molecule has 0 aliphatic carbocycles. The second kappa shape index (κ2) is 7.48. The maximum atomic E-state index is 11.7. The summed E-state index contributed by atoms with van der Waals surface area (Å²) in [4.78, 5) is 22.6. The van der Waals surface area contributed by atoms with Gasteiger partial charge in [0.15, 0.2) is 0 Å². The summed E-state index contributed by atoms with van der Waals surface area (Å²) in [5.74, 6) is -0.0738. The molecule has 0 bridgehead atoms. The molecule has 1 rings (SSSR count). The van der Waals surface area contributed by atoms with E-state index in [0.29, 0.717) is 12.8 Å². The lowest BCUT2D eigenvalue weighted by molar-refractivity contribution is -0.120. The third-order valence-corrected chi connectivity index (χ3v) is 2.68. The average molecular weight is 248 g/mol. The van der Waals surface area contributed by atoms with E-state index in [1.54, 1.807) is 0 Å². The topological polar surface area (TPSA) is 58.2 Å². The first kappa shape index (κ1) is 14.2. The van der Waals surface area contributed by atoms with E-state index in [1.807, 2.05) is 37.3 Å². The maximum absolute atomic E-state index is 11.7. The average Bonchev–Trinajstić information content (AvgIpc) is 2.35. The van der Waals surface area contributed by atoms with Crippen LogP contribution in [0.5, 0.6) is 0 Å². The standard InChI is InChI=1S/C14H20N2O2/c1-3-12(15-11(2)17)9-10-14(18)16-13-7-5-4-6-8-13/h4-8,12H,3,9-10H2,1-2H3,(H,15,17)(H,16,18)/t12-/m0/s1. The molecule has 98 valence electrons. The SMILES string of the molecule is CC[C@@H](CCC(=O)Nc1ccccc1)NC(C)=O. The summed E-state index contributed by atoms with van der Waals surface area (Å²) in [6, 6.07) is 9.43. The minimum absolute atomic E-state index is 0.0231. The van der Waals surface area contributed by atoms with E-state index in [1.165, 1.54) is 6.92 Å². The summed E-state index contributed by atoms with van der Waals surface area (Å²) < 4.78 is 0. The van der Waals surface area contributed by atoms with Gasteiger partial charge in [0.05, 0.1) is 0 Å². The van der Waals surface area contributed by atoms with Crippen LogP contribution in [0.15, 0.2) is 30.3 Å².